The van der Waals surface area contributed by atoms with Crippen LogP contribution in [0.25, 0.3) is 0 Å². The molecule has 0 amide bonds. The Morgan fingerprint density at radius 2 is 1.40 bits per heavy atom. The second-order valence-corrected chi connectivity index (χ2v) is 12.2. The molecule has 8 unspecified atom stereocenters. The van der Waals surface area contributed by atoms with Gasteiger partial charge in [0, 0.05) is 0 Å². The Morgan fingerprint density at radius 1 is 0.667 bits per heavy atom. The van der Waals surface area contributed by atoms with Crippen LogP contribution in [-0.4, -0.2) is 0 Å². The lowest BCUT2D eigenvalue weighted by molar-refractivity contribution is 0.0160. The normalized spacial score (nSPS) is 41.9. The molecule has 0 aromatic rings. The first-order valence-corrected chi connectivity index (χ1v) is 14.6. The van der Waals surface area contributed by atoms with E-state index < -0.39 is 0 Å². The molecule has 0 N–H and O–H groups in total. The third-order valence-electron chi connectivity index (χ3n) is 10.5. The molecule has 176 valence electrons. The zero-order valence-corrected chi connectivity index (χ0v) is 21.5. The van der Waals surface area contributed by atoms with Gasteiger partial charge in [-0.05, 0) is 85.4 Å². The van der Waals surface area contributed by atoms with Gasteiger partial charge in [0.25, 0.3) is 0 Å². The van der Waals surface area contributed by atoms with Crippen molar-refractivity contribution in [3.05, 3.63) is 0 Å². The molecule has 0 bridgehead atoms. The molecule has 4 rings (SSSR count). The van der Waals surface area contributed by atoms with Crippen LogP contribution in [0.4, 0.5) is 0 Å². The zero-order chi connectivity index (χ0) is 21.5. The first kappa shape index (κ1) is 24.6. The van der Waals surface area contributed by atoms with Gasteiger partial charge in [-0.2, -0.15) is 0 Å². The summed E-state index contributed by atoms with van der Waals surface area (Å²) in [6.45, 7) is 12.1. The van der Waals surface area contributed by atoms with Crippen LogP contribution in [0.5, 0.6) is 0 Å². The van der Waals surface area contributed by atoms with E-state index in [2.05, 4.69) is 34.6 Å². The van der Waals surface area contributed by atoms with Gasteiger partial charge in [0.05, 0.1) is 0 Å². The number of hydrogen-bond acceptors (Lipinski definition) is 0. The summed E-state index contributed by atoms with van der Waals surface area (Å²) in [5.74, 6) is 9.71. The van der Waals surface area contributed by atoms with Crippen LogP contribution >= 0.6 is 0 Å². The van der Waals surface area contributed by atoms with Crippen molar-refractivity contribution < 1.29 is 0 Å². The maximum absolute atomic E-state index is 2.59. The van der Waals surface area contributed by atoms with Crippen LogP contribution in [0.3, 0.4) is 0 Å². The van der Waals surface area contributed by atoms with Crippen molar-refractivity contribution in [2.75, 3.05) is 0 Å². The molecule has 30 heavy (non-hydrogen) atoms. The van der Waals surface area contributed by atoms with Gasteiger partial charge in [-0.25, -0.2) is 0 Å². The smallest absolute Gasteiger partial charge is 0.0324 e. The Labute approximate surface area is 190 Å². The summed E-state index contributed by atoms with van der Waals surface area (Å²) in [4.78, 5) is 0. The van der Waals surface area contributed by atoms with E-state index >= 15 is 0 Å². The van der Waals surface area contributed by atoms with Crippen molar-refractivity contribution in [1.29, 1.82) is 0 Å². The molecular formula is C30H56. The Morgan fingerprint density at radius 3 is 2.03 bits per heavy atom. The second kappa shape index (κ2) is 12.3. The highest BCUT2D eigenvalue weighted by Gasteiger charge is 2.47. The number of rotatable bonds is 6. The molecular weight excluding hydrogens is 360 g/mol. The molecule has 8 atom stereocenters. The lowest BCUT2D eigenvalue weighted by atomic mass is 9.58. The molecule has 0 heterocycles. The summed E-state index contributed by atoms with van der Waals surface area (Å²) < 4.78 is 0. The van der Waals surface area contributed by atoms with Gasteiger partial charge in [-0.3, -0.25) is 0 Å². The van der Waals surface area contributed by atoms with Gasteiger partial charge >= 0.3 is 0 Å². The van der Waals surface area contributed by atoms with E-state index in [9.17, 15) is 0 Å². The largest absolute Gasteiger partial charge is 0.0654 e. The summed E-state index contributed by atoms with van der Waals surface area (Å²) in [5.41, 5.74) is 0. The van der Waals surface area contributed by atoms with Crippen LogP contribution in [-0.2, 0) is 0 Å². The third-order valence-corrected chi connectivity index (χ3v) is 10.5. The summed E-state index contributed by atoms with van der Waals surface area (Å²) in [6, 6.07) is 0. The topological polar surface area (TPSA) is 0 Å². The molecule has 0 radical (unpaired) electrons. The van der Waals surface area contributed by atoms with E-state index in [1.54, 1.807) is 44.9 Å². The SMILES string of the molecule is CCC1CCC(CC)C(C)C1.CCCCC1C(C)CC2CCCC2C1C1CCCC1. The van der Waals surface area contributed by atoms with Crippen LogP contribution in [0.15, 0.2) is 0 Å². The van der Waals surface area contributed by atoms with Crippen molar-refractivity contribution in [2.45, 2.75) is 137 Å². The monoisotopic (exact) mass is 416 g/mol. The summed E-state index contributed by atoms with van der Waals surface area (Å²) in [5, 5.41) is 0. The molecule has 4 aliphatic rings. The summed E-state index contributed by atoms with van der Waals surface area (Å²) in [6.07, 6.45) is 24.2. The van der Waals surface area contributed by atoms with Crippen LogP contribution < -0.4 is 0 Å². The Kier molecular flexibility index (Phi) is 10.1. The fourth-order valence-corrected chi connectivity index (χ4v) is 8.72. The predicted molar refractivity (Wildman–Crippen MR) is 134 cm³/mol. The Hall–Kier alpha value is 0. The summed E-state index contributed by atoms with van der Waals surface area (Å²) >= 11 is 0. The first-order valence-electron chi connectivity index (χ1n) is 14.6. The molecule has 0 nitrogen and oxygen atoms in total. The van der Waals surface area contributed by atoms with Gasteiger partial charge in [-0.1, -0.05) is 105 Å². The van der Waals surface area contributed by atoms with E-state index in [1.807, 2.05) is 0 Å². The van der Waals surface area contributed by atoms with Gasteiger partial charge < -0.3 is 0 Å². The fraction of sp³-hybridized carbons (Fsp3) is 1.00. The van der Waals surface area contributed by atoms with E-state index in [4.69, 9.17) is 0 Å². The van der Waals surface area contributed by atoms with Gasteiger partial charge in [-0.15, -0.1) is 0 Å². The van der Waals surface area contributed by atoms with Crippen LogP contribution in [0.2, 0.25) is 0 Å². The van der Waals surface area contributed by atoms with Crippen molar-refractivity contribution >= 4 is 0 Å². The highest BCUT2D eigenvalue weighted by atomic mass is 14.5. The highest BCUT2D eigenvalue weighted by molar-refractivity contribution is 4.97. The van der Waals surface area contributed by atoms with Crippen LogP contribution in [0, 0.1) is 53.3 Å². The van der Waals surface area contributed by atoms with E-state index in [0.29, 0.717) is 0 Å². The molecule has 4 saturated carbocycles. The van der Waals surface area contributed by atoms with E-state index in [0.717, 1.165) is 53.3 Å². The van der Waals surface area contributed by atoms with E-state index in [1.165, 1.54) is 57.8 Å². The molecule has 0 aromatic heterocycles. The number of unbranched alkanes of at least 4 members (excludes halogenated alkanes) is 1. The maximum Gasteiger partial charge on any atom is -0.0324 e. The van der Waals surface area contributed by atoms with E-state index in [-0.39, 0.29) is 0 Å². The maximum atomic E-state index is 2.59. The molecule has 4 fully saturated rings. The average molecular weight is 417 g/mol. The minimum atomic E-state index is 0.999. The van der Waals surface area contributed by atoms with Crippen molar-refractivity contribution in [2.24, 2.45) is 53.3 Å². The molecule has 0 aromatic carbocycles. The number of fused-ring (bicyclic) bond motifs is 1. The molecule has 0 saturated heterocycles. The molecule has 0 heteroatoms. The first-order chi connectivity index (χ1) is 14.6. The van der Waals surface area contributed by atoms with Crippen molar-refractivity contribution in [3.63, 3.8) is 0 Å². The second-order valence-electron chi connectivity index (χ2n) is 12.2. The van der Waals surface area contributed by atoms with Crippen molar-refractivity contribution in [3.8, 4) is 0 Å². The van der Waals surface area contributed by atoms with Gasteiger partial charge in [0.1, 0.15) is 0 Å². The fourth-order valence-electron chi connectivity index (χ4n) is 8.72. The number of hydrogen-bond donors (Lipinski definition) is 0. The van der Waals surface area contributed by atoms with Crippen molar-refractivity contribution in [1.82, 2.24) is 0 Å². The average Bonchev–Trinajstić information content (AvgIpc) is 3.44. The molecule has 4 aliphatic carbocycles. The van der Waals surface area contributed by atoms with Crippen LogP contribution in [0.1, 0.15) is 137 Å². The zero-order valence-electron chi connectivity index (χ0n) is 21.5. The standard InChI is InChI=1S/C19H34.C11H22/c1-3-4-11-17-14(2)13-16-10-7-12-18(16)19(17)15-8-5-6-9-15;1-4-10-6-7-11(5-2)9(3)8-10/h14-19H,3-13H2,1-2H3;9-11H,4-8H2,1-3H3. The summed E-state index contributed by atoms with van der Waals surface area (Å²) in [7, 11) is 0. The third kappa shape index (κ3) is 6.07. The van der Waals surface area contributed by atoms with Gasteiger partial charge in [0.2, 0.25) is 0 Å². The predicted octanol–water partition coefficient (Wildman–Crippen LogP) is 9.91. The Bertz CT molecular complexity index is 461. The highest BCUT2D eigenvalue weighted by Crippen LogP contribution is 2.56. The minimum absolute atomic E-state index is 0.999. The lowest BCUT2D eigenvalue weighted by Crippen LogP contribution is -2.40. The lowest BCUT2D eigenvalue weighted by Gasteiger charge is -2.47. The minimum Gasteiger partial charge on any atom is -0.0654 e. The molecule has 0 aliphatic heterocycles. The quantitative estimate of drug-likeness (QED) is 0.404. The molecule has 0 spiro atoms. The Balaban J connectivity index is 0.000000199. The van der Waals surface area contributed by atoms with Gasteiger partial charge in [0.15, 0.2) is 0 Å².